The second-order valence-corrected chi connectivity index (χ2v) is 7.82. The fourth-order valence-electron chi connectivity index (χ4n) is 3.23. The summed E-state index contributed by atoms with van der Waals surface area (Å²) in [5, 5.41) is 12.4. The Bertz CT molecular complexity index is 1060. The van der Waals surface area contributed by atoms with E-state index in [1.165, 1.54) is 18.5 Å². The average molecular weight is 463 g/mol. The summed E-state index contributed by atoms with van der Waals surface area (Å²) in [6.45, 7) is 0.268. The normalized spacial score (nSPS) is 13.5. The van der Waals surface area contributed by atoms with Gasteiger partial charge in [0.05, 0.1) is 11.4 Å². The topological polar surface area (TPSA) is 90.9 Å². The van der Waals surface area contributed by atoms with Crippen molar-refractivity contribution in [1.82, 2.24) is 15.0 Å². The lowest BCUT2D eigenvalue weighted by Crippen LogP contribution is -2.09. The Hall–Kier alpha value is -2.81. The largest absolute Gasteiger partial charge is 0.477 e. The van der Waals surface area contributed by atoms with Gasteiger partial charge in [-0.05, 0) is 48.9 Å². The van der Waals surface area contributed by atoms with Crippen molar-refractivity contribution in [1.29, 1.82) is 0 Å². The minimum Gasteiger partial charge on any atom is -0.477 e. The second-order valence-electron chi connectivity index (χ2n) is 6.91. The molecule has 0 bridgehead atoms. The number of H-pyrrole nitrogens is 1. The second kappa shape index (κ2) is 7.90. The lowest BCUT2D eigenvalue weighted by molar-refractivity contribution is 0.0690. The molecule has 0 atom stereocenters. The number of carboxylic acids is 1. The highest BCUT2D eigenvalue weighted by molar-refractivity contribution is 9.10. The molecular formula is C20H17BrF2N4O2. The van der Waals surface area contributed by atoms with Crippen LogP contribution in [0, 0.1) is 11.6 Å². The number of benzene rings is 1. The predicted molar refractivity (Wildman–Crippen MR) is 107 cm³/mol. The molecule has 29 heavy (non-hydrogen) atoms. The predicted octanol–water partition coefficient (Wildman–Crippen LogP) is 4.74. The van der Waals surface area contributed by atoms with E-state index in [4.69, 9.17) is 0 Å². The van der Waals surface area contributed by atoms with Gasteiger partial charge in [-0.2, -0.15) is 0 Å². The number of hydrogen-bond donors (Lipinski definition) is 3. The molecule has 0 spiro atoms. The molecular weight excluding hydrogens is 446 g/mol. The number of nitrogens with zero attached hydrogens (tertiary/aromatic N) is 2. The van der Waals surface area contributed by atoms with E-state index in [0.717, 1.165) is 18.4 Å². The van der Waals surface area contributed by atoms with Crippen molar-refractivity contribution >= 4 is 27.7 Å². The number of carboxylic acid groups (broad SMARTS) is 1. The molecule has 150 valence electrons. The summed E-state index contributed by atoms with van der Waals surface area (Å²) in [6, 6.07) is 5.94. The Morgan fingerprint density at radius 2 is 1.93 bits per heavy atom. The van der Waals surface area contributed by atoms with E-state index in [1.807, 2.05) is 6.07 Å². The van der Waals surface area contributed by atoms with Crippen LogP contribution in [0.5, 0.6) is 0 Å². The number of rotatable bonds is 7. The van der Waals surface area contributed by atoms with E-state index in [-0.39, 0.29) is 30.1 Å². The molecule has 2 heterocycles. The number of aromatic amines is 1. The Kier molecular flexibility index (Phi) is 5.31. The van der Waals surface area contributed by atoms with Crippen LogP contribution in [0.1, 0.15) is 40.4 Å². The number of aromatic nitrogens is 3. The van der Waals surface area contributed by atoms with Gasteiger partial charge in [-0.15, -0.1) is 0 Å². The third-order valence-electron chi connectivity index (χ3n) is 4.81. The van der Waals surface area contributed by atoms with Crippen molar-refractivity contribution in [3.63, 3.8) is 0 Å². The molecule has 9 heteroatoms. The molecule has 4 rings (SSSR count). The van der Waals surface area contributed by atoms with E-state index in [9.17, 15) is 18.7 Å². The Balaban J connectivity index is 1.48. The summed E-state index contributed by atoms with van der Waals surface area (Å²) in [4.78, 5) is 22.7. The number of halogens is 3. The van der Waals surface area contributed by atoms with E-state index in [1.54, 1.807) is 6.07 Å². The summed E-state index contributed by atoms with van der Waals surface area (Å²) < 4.78 is 28.2. The molecule has 2 aromatic heterocycles. The highest BCUT2D eigenvalue weighted by atomic mass is 79.9. The van der Waals surface area contributed by atoms with Crippen LogP contribution < -0.4 is 5.32 Å². The Labute approximate surface area is 173 Å². The number of hydrogen-bond acceptors (Lipinski definition) is 4. The Morgan fingerprint density at radius 1 is 1.21 bits per heavy atom. The van der Waals surface area contributed by atoms with Crippen molar-refractivity contribution in [2.24, 2.45) is 0 Å². The molecule has 0 amide bonds. The first-order chi connectivity index (χ1) is 13.9. The standard InChI is InChI=1S/C20H17BrF2N4O2/c21-11-5-14(22)12(15(23)6-11)3-4-24-18-8-16(25-9-26-18)17-7-13(10-1-2-10)19(27-17)20(28)29/h5-10,27H,1-4H2,(H,28,29)(H,24,25,26). The van der Waals surface area contributed by atoms with Gasteiger partial charge in [0, 0.05) is 22.6 Å². The van der Waals surface area contributed by atoms with Gasteiger partial charge in [0.25, 0.3) is 0 Å². The molecule has 1 aromatic carbocycles. The summed E-state index contributed by atoms with van der Waals surface area (Å²) in [5.74, 6) is -1.46. The van der Waals surface area contributed by atoms with Crippen LogP contribution in [0.3, 0.4) is 0 Å². The zero-order valence-electron chi connectivity index (χ0n) is 15.2. The van der Waals surface area contributed by atoms with E-state index < -0.39 is 17.6 Å². The lowest BCUT2D eigenvalue weighted by Gasteiger charge is -2.08. The van der Waals surface area contributed by atoms with Gasteiger partial charge in [0.1, 0.15) is 29.5 Å². The van der Waals surface area contributed by atoms with Gasteiger partial charge in [0.2, 0.25) is 0 Å². The van der Waals surface area contributed by atoms with Crippen molar-refractivity contribution in [3.05, 3.63) is 63.5 Å². The molecule has 3 N–H and O–H groups in total. The highest BCUT2D eigenvalue weighted by Gasteiger charge is 2.30. The number of carbonyl (C=O) groups is 1. The number of nitrogens with one attached hydrogen (secondary N) is 2. The molecule has 0 radical (unpaired) electrons. The summed E-state index contributed by atoms with van der Waals surface area (Å²) in [6.07, 6.45) is 3.47. The molecule has 6 nitrogen and oxygen atoms in total. The van der Waals surface area contributed by atoms with E-state index >= 15 is 0 Å². The maximum atomic E-state index is 13.9. The van der Waals surface area contributed by atoms with Gasteiger partial charge in [-0.1, -0.05) is 15.9 Å². The smallest absolute Gasteiger partial charge is 0.352 e. The summed E-state index contributed by atoms with van der Waals surface area (Å²) >= 11 is 3.06. The molecule has 1 fully saturated rings. The van der Waals surface area contributed by atoms with Crippen LogP contribution >= 0.6 is 15.9 Å². The van der Waals surface area contributed by atoms with E-state index in [2.05, 4.69) is 36.2 Å². The third kappa shape index (κ3) is 4.29. The number of anilines is 1. The quantitative estimate of drug-likeness (QED) is 0.471. The van der Waals surface area contributed by atoms with Gasteiger partial charge in [-0.25, -0.2) is 23.5 Å². The van der Waals surface area contributed by atoms with E-state index in [0.29, 0.717) is 21.7 Å². The van der Waals surface area contributed by atoms with Crippen LogP contribution in [-0.2, 0) is 6.42 Å². The zero-order chi connectivity index (χ0) is 20.5. The monoisotopic (exact) mass is 462 g/mol. The molecule has 3 aromatic rings. The average Bonchev–Trinajstić information content (AvgIpc) is 3.42. The maximum Gasteiger partial charge on any atom is 0.352 e. The van der Waals surface area contributed by atoms with Crippen molar-refractivity contribution in [2.45, 2.75) is 25.2 Å². The maximum absolute atomic E-state index is 13.9. The minimum absolute atomic E-state index is 0.000442. The van der Waals surface area contributed by atoms with Gasteiger partial charge < -0.3 is 15.4 Å². The SMILES string of the molecule is O=C(O)c1[nH]c(-c2cc(NCCc3c(F)cc(Br)cc3F)ncn2)cc1C1CC1. The molecule has 1 aliphatic carbocycles. The van der Waals surface area contributed by atoms with Crippen LogP contribution in [0.4, 0.5) is 14.6 Å². The summed E-state index contributed by atoms with van der Waals surface area (Å²) in [5.41, 5.74) is 2.12. The minimum atomic E-state index is -0.996. The zero-order valence-corrected chi connectivity index (χ0v) is 16.8. The first-order valence-electron chi connectivity index (χ1n) is 9.08. The highest BCUT2D eigenvalue weighted by Crippen LogP contribution is 2.43. The van der Waals surface area contributed by atoms with Crippen LogP contribution in [0.2, 0.25) is 0 Å². The van der Waals surface area contributed by atoms with Crippen molar-refractivity contribution < 1.29 is 18.7 Å². The fourth-order valence-corrected chi connectivity index (χ4v) is 3.63. The first kappa shape index (κ1) is 19.5. The van der Waals surface area contributed by atoms with Gasteiger partial charge >= 0.3 is 5.97 Å². The van der Waals surface area contributed by atoms with Gasteiger partial charge in [-0.3, -0.25) is 0 Å². The third-order valence-corrected chi connectivity index (χ3v) is 5.27. The van der Waals surface area contributed by atoms with Crippen molar-refractivity contribution in [3.8, 4) is 11.4 Å². The molecule has 0 unspecified atom stereocenters. The Morgan fingerprint density at radius 3 is 2.59 bits per heavy atom. The van der Waals surface area contributed by atoms with Crippen LogP contribution in [0.15, 0.2) is 35.1 Å². The van der Waals surface area contributed by atoms with Crippen molar-refractivity contribution in [2.75, 3.05) is 11.9 Å². The van der Waals surface area contributed by atoms with Crippen LogP contribution in [0.25, 0.3) is 11.4 Å². The molecule has 1 saturated carbocycles. The fraction of sp³-hybridized carbons (Fsp3) is 0.250. The molecule has 0 aliphatic heterocycles. The van der Waals surface area contributed by atoms with Crippen LogP contribution in [-0.4, -0.2) is 32.6 Å². The first-order valence-corrected chi connectivity index (χ1v) is 9.87. The molecule has 1 aliphatic rings. The summed E-state index contributed by atoms with van der Waals surface area (Å²) in [7, 11) is 0. The van der Waals surface area contributed by atoms with Gasteiger partial charge in [0.15, 0.2) is 0 Å². The number of aromatic carboxylic acids is 1. The lowest BCUT2D eigenvalue weighted by atomic mass is 10.1. The molecule has 0 saturated heterocycles.